The fourth-order valence-electron chi connectivity index (χ4n) is 0.756. The van der Waals surface area contributed by atoms with Crippen molar-refractivity contribution in [2.75, 3.05) is 7.11 Å². The van der Waals surface area contributed by atoms with Crippen LogP contribution in [0.5, 0.6) is 5.75 Å². The average molecular weight is 170 g/mol. The lowest BCUT2D eigenvalue weighted by molar-refractivity contribution is 0.0597. The molecular formula is C8H10O4. The van der Waals surface area contributed by atoms with Gasteiger partial charge in [0.15, 0.2) is 0 Å². The van der Waals surface area contributed by atoms with Crippen molar-refractivity contribution in [1.82, 2.24) is 0 Å². The number of phenolic OH excluding ortho intramolecular Hbond substituents is 1. The van der Waals surface area contributed by atoms with E-state index in [1.807, 2.05) is 0 Å². The van der Waals surface area contributed by atoms with Gasteiger partial charge in [0, 0.05) is 0 Å². The third-order valence-electron chi connectivity index (χ3n) is 1.31. The summed E-state index contributed by atoms with van der Waals surface area (Å²) in [6, 6.07) is 6.24. The Morgan fingerprint density at radius 2 is 2.00 bits per heavy atom. The number of carbonyl (C=O) groups is 1. The maximum atomic E-state index is 10.9. The molecule has 0 saturated heterocycles. The first-order chi connectivity index (χ1) is 5.25. The minimum absolute atomic E-state index is 0. The van der Waals surface area contributed by atoms with Gasteiger partial charge in [-0.05, 0) is 12.1 Å². The fraction of sp³-hybridized carbons (Fsp3) is 0.125. The number of hydrogen-bond acceptors (Lipinski definition) is 3. The molecule has 1 aromatic carbocycles. The van der Waals surface area contributed by atoms with Gasteiger partial charge in [0.2, 0.25) is 0 Å². The van der Waals surface area contributed by atoms with Crippen LogP contribution in [0.4, 0.5) is 0 Å². The number of rotatable bonds is 1. The lowest BCUT2D eigenvalue weighted by Crippen LogP contribution is -2.00. The SMILES string of the molecule is COC(=O)c1ccccc1O.O. The fourth-order valence-corrected chi connectivity index (χ4v) is 0.756. The Balaban J connectivity index is 0.00000121. The van der Waals surface area contributed by atoms with Crippen LogP contribution in [0.3, 0.4) is 0 Å². The summed E-state index contributed by atoms with van der Waals surface area (Å²) in [4.78, 5) is 10.9. The second-order valence-electron chi connectivity index (χ2n) is 2.01. The van der Waals surface area contributed by atoms with E-state index in [-0.39, 0.29) is 16.8 Å². The Kier molecular flexibility index (Phi) is 3.79. The largest absolute Gasteiger partial charge is 0.507 e. The van der Waals surface area contributed by atoms with Crippen molar-refractivity contribution in [2.24, 2.45) is 0 Å². The van der Waals surface area contributed by atoms with E-state index in [2.05, 4.69) is 4.74 Å². The van der Waals surface area contributed by atoms with Crippen LogP contribution < -0.4 is 0 Å². The molecule has 66 valence electrons. The number of carbonyl (C=O) groups excluding carboxylic acids is 1. The molecule has 0 unspecified atom stereocenters. The highest BCUT2D eigenvalue weighted by atomic mass is 16.5. The Morgan fingerprint density at radius 1 is 1.42 bits per heavy atom. The summed E-state index contributed by atoms with van der Waals surface area (Å²) < 4.78 is 4.42. The predicted molar refractivity (Wildman–Crippen MR) is 43.1 cm³/mol. The number of ether oxygens (including phenoxy) is 1. The van der Waals surface area contributed by atoms with E-state index in [0.717, 1.165) is 0 Å². The molecule has 4 heteroatoms. The van der Waals surface area contributed by atoms with Crippen LogP contribution in [0.25, 0.3) is 0 Å². The van der Waals surface area contributed by atoms with E-state index in [1.165, 1.54) is 19.2 Å². The van der Waals surface area contributed by atoms with E-state index in [4.69, 9.17) is 5.11 Å². The molecule has 12 heavy (non-hydrogen) atoms. The number of hydrogen-bond donors (Lipinski definition) is 1. The normalized spacial score (nSPS) is 8.42. The van der Waals surface area contributed by atoms with Crippen molar-refractivity contribution in [3.05, 3.63) is 29.8 Å². The van der Waals surface area contributed by atoms with E-state index >= 15 is 0 Å². The van der Waals surface area contributed by atoms with Gasteiger partial charge >= 0.3 is 5.97 Å². The zero-order valence-corrected chi connectivity index (χ0v) is 6.57. The predicted octanol–water partition coefficient (Wildman–Crippen LogP) is 0.354. The van der Waals surface area contributed by atoms with Gasteiger partial charge < -0.3 is 15.3 Å². The number of phenols is 1. The number of benzene rings is 1. The summed E-state index contributed by atoms with van der Waals surface area (Å²) >= 11 is 0. The molecule has 0 spiro atoms. The Morgan fingerprint density at radius 3 is 2.50 bits per heavy atom. The molecule has 0 aliphatic carbocycles. The van der Waals surface area contributed by atoms with Gasteiger partial charge in [0.05, 0.1) is 7.11 Å². The highest BCUT2D eigenvalue weighted by molar-refractivity contribution is 5.92. The van der Waals surface area contributed by atoms with Gasteiger partial charge in [0.25, 0.3) is 0 Å². The van der Waals surface area contributed by atoms with Crippen molar-refractivity contribution in [2.45, 2.75) is 0 Å². The molecule has 0 aliphatic heterocycles. The number of para-hydroxylation sites is 1. The third-order valence-corrected chi connectivity index (χ3v) is 1.31. The van der Waals surface area contributed by atoms with Crippen LogP contribution in [0, 0.1) is 0 Å². The molecule has 0 heterocycles. The first-order valence-electron chi connectivity index (χ1n) is 3.12. The molecule has 0 bridgehead atoms. The van der Waals surface area contributed by atoms with E-state index < -0.39 is 5.97 Å². The highest BCUT2D eigenvalue weighted by Gasteiger charge is 2.08. The smallest absolute Gasteiger partial charge is 0.341 e. The van der Waals surface area contributed by atoms with Crippen LogP contribution in [0.2, 0.25) is 0 Å². The van der Waals surface area contributed by atoms with E-state index in [1.54, 1.807) is 12.1 Å². The van der Waals surface area contributed by atoms with Gasteiger partial charge in [-0.15, -0.1) is 0 Å². The molecule has 0 amide bonds. The lowest BCUT2D eigenvalue weighted by Gasteiger charge is -1.99. The van der Waals surface area contributed by atoms with Crippen LogP contribution in [0.15, 0.2) is 24.3 Å². The van der Waals surface area contributed by atoms with E-state index in [9.17, 15) is 4.79 Å². The van der Waals surface area contributed by atoms with Gasteiger partial charge in [-0.25, -0.2) is 4.79 Å². The minimum atomic E-state index is -0.525. The van der Waals surface area contributed by atoms with Crippen LogP contribution in [-0.2, 0) is 4.74 Å². The summed E-state index contributed by atoms with van der Waals surface area (Å²) in [5.74, 6) is -0.581. The lowest BCUT2D eigenvalue weighted by atomic mass is 10.2. The van der Waals surface area contributed by atoms with Gasteiger partial charge in [-0.2, -0.15) is 0 Å². The molecular weight excluding hydrogens is 160 g/mol. The molecule has 0 aromatic heterocycles. The summed E-state index contributed by atoms with van der Waals surface area (Å²) in [6.07, 6.45) is 0. The van der Waals surface area contributed by atoms with Crippen molar-refractivity contribution >= 4 is 5.97 Å². The van der Waals surface area contributed by atoms with Crippen LogP contribution in [-0.4, -0.2) is 23.7 Å². The number of methoxy groups -OCH3 is 1. The van der Waals surface area contributed by atoms with Crippen molar-refractivity contribution in [1.29, 1.82) is 0 Å². The zero-order valence-electron chi connectivity index (χ0n) is 6.57. The van der Waals surface area contributed by atoms with Crippen molar-refractivity contribution in [3.8, 4) is 5.75 Å². The molecule has 0 aliphatic rings. The van der Waals surface area contributed by atoms with Crippen molar-refractivity contribution < 1.29 is 20.1 Å². The molecule has 0 saturated carbocycles. The standard InChI is InChI=1S/C8H8O3.H2O/c1-11-8(10)6-4-2-3-5-7(6)9;/h2-5,9H,1H3;1H2. The van der Waals surface area contributed by atoms with Crippen molar-refractivity contribution in [3.63, 3.8) is 0 Å². The maximum absolute atomic E-state index is 10.9. The monoisotopic (exact) mass is 170 g/mol. The summed E-state index contributed by atoms with van der Waals surface area (Å²) in [6.45, 7) is 0. The quantitative estimate of drug-likeness (QED) is 0.618. The zero-order chi connectivity index (χ0) is 8.27. The minimum Gasteiger partial charge on any atom is -0.507 e. The second-order valence-corrected chi connectivity index (χ2v) is 2.01. The number of aromatic hydroxyl groups is 1. The second kappa shape index (κ2) is 4.35. The number of esters is 1. The Bertz CT molecular complexity index is 270. The molecule has 1 rings (SSSR count). The van der Waals surface area contributed by atoms with Gasteiger partial charge in [0.1, 0.15) is 11.3 Å². The molecule has 0 atom stereocenters. The molecule has 4 nitrogen and oxygen atoms in total. The van der Waals surface area contributed by atoms with Crippen LogP contribution in [0.1, 0.15) is 10.4 Å². The summed E-state index contributed by atoms with van der Waals surface area (Å²) in [5, 5.41) is 9.11. The van der Waals surface area contributed by atoms with Gasteiger partial charge in [-0.1, -0.05) is 12.1 Å². The summed E-state index contributed by atoms with van der Waals surface area (Å²) in [5.41, 5.74) is 0.190. The molecule has 1 aromatic rings. The average Bonchev–Trinajstić information content (AvgIpc) is 2.04. The first kappa shape index (κ1) is 10.4. The Hall–Kier alpha value is -1.55. The van der Waals surface area contributed by atoms with Crippen LogP contribution >= 0.6 is 0 Å². The Labute approximate surface area is 69.7 Å². The summed E-state index contributed by atoms with van der Waals surface area (Å²) in [7, 11) is 1.27. The highest BCUT2D eigenvalue weighted by Crippen LogP contribution is 2.15. The molecule has 0 radical (unpaired) electrons. The van der Waals surface area contributed by atoms with Gasteiger partial charge in [-0.3, -0.25) is 0 Å². The molecule has 3 N–H and O–H groups in total. The molecule has 0 fully saturated rings. The van der Waals surface area contributed by atoms with E-state index in [0.29, 0.717) is 0 Å². The third kappa shape index (κ3) is 1.96. The first-order valence-corrected chi connectivity index (χ1v) is 3.12. The maximum Gasteiger partial charge on any atom is 0.341 e. The topological polar surface area (TPSA) is 78.0 Å².